The summed E-state index contributed by atoms with van der Waals surface area (Å²) in [4.78, 5) is 0. The van der Waals surface area contributed by atoms with Gasteiger partial charge >= 0.3 is 0 Å². The Hall–Kier alpha value is -0.760. The van der Waals surface area contributed by atoms with Crippen LogP contribution in [0.25, 0.3) is 0 Å². The maximum Gasteiger partial charge on any atom is 0.119 e. The maximum atomic E-state index is 5.17. The second-order valence-electron chi connectivity index (χ2n) is 3.41. The van der Waals surface area contributed by atoms with Crippen molar-refractivity contribution in [3.05, 3.63) is 40.4 Å². The number of methoxy groups -OCH3 is 1. The molecular formula is C12H15BrO. The first-order valence-corrected chi connectivity index (χ1v) is 5.39. The predicted molar refractivity (Wildman–Crippen MR) is 63.8 cm³/mol. The summed E-state index contributed by atoms with van der Waals surface area (Å²) in [6.45, 7) is 5.95. The Kier molecular flexibility index (Phi) is 4.21. The number of allylic oxidation sites excluding steroid dienone is 1. The zero-order valence-electron chi connectivity index (χ0n) is 8.64. The zero-order valence-corrected chi connectivity index (χ0v) is 10.2. The van der Waals surface area contributed by atoms with Crippen LogP contribution < -0.4 is 4.74 Å². The van der Waals surface area contributed by atoms with Crippen LogP contribution in [0.3, 0.4) is 0 Å². The highest BCUT2D eigenvalue weighted by Crippen LogP contribution is 2.24. The van der Waals surface area contributed by atoms with Crippen molar-refractivity contribution in [1.29, 1.82) is 0 Å². The molecule has 1 aromatic rings. The molecule has 0 bridgehead atoms. The molecule has 0 heterocycles. The lowest BCUT2D eigenvalue weighted by Gasteiger charge is -2.07. The number of aryl methyl sites for hydroxylation is 1. The van der Waals surface area contributed by atoms with Crippen molar-refractivity contribution in [2.45, 2.75) is 19.8 Å². The van der Waals surface area contributed by atoms with Crippen LogP contribution in [0.2, 0.25) is 0 Å². The molecule has 0 radical (unpaired) electrons. The molecular weight excluding hydrogens is 240 g/mol. The molecule has 0 N–H and O–H groups in total. The molecule has 0 saturated heterocycles. The molecule has 0 atom stereocenters. The van der Waals surface area contributed by atoms with E-state index >= 15 is 0 Å². The molecule has 1 nitrogen and oxygen atoms in total. The fourth-order valence-electron chi connectivity index (χ4n) is 1.22. The lowest BCUT2D eigenvalue weighted by Crippen LogP contribution is -1.90. The Bertz CT molecular complexity index is 331. The van der Waals surface area contributed by atoms with E-state index in [9.17, 15) is 0 Å². The van der Waals surface area contributed by atoms with Gasteiger partial charge < -0.3 is 4.74 Å². The van der Waals surface area contributed by atoms with Crippen LogP contribution >= 0.6 is 15.9 Å². The van der Waals surface area contributed by atoms with E-state index in [1.54, 1.807) is 7.11 Å². The molecule has 0 fully saturated rings. The first-order chi connectivity index (χ1) is 6.63. The fraction of sp³-hybridized carbons (Fsp3) is 0.333. The van der Waals surface area contributed by atoms with Crippen molar-refractivity contribution < 1.29 is 4.74 Å². The Morgan fingerprint density at radius 1 is 1.50 bits per heavy atom. The first-order valence-electron chi connectivity index (χ1n) is 4.60. The van der Waals surface area contributed by atoms with Gasteiger partial charge in [-0.1, -0.05) is 21.5 Å². The predicted octanol–water partition coefficient (Wildman–Crippen LogP) is 3.97. The van der Waals surface area contributed by atoms with Crippen molar-refractivity contribution >= 4 is 15.9 Å². The van der Waals surface area contributed by atoms with Gasteiger partial charge in [0.05, 0.1) is 7.11 Å². The number of hydrogen-bond donors (Lipinski definition) is 0. The fourth-order valence-corrected chi connectivity index (χ4v) is 1.66. The number of rotatable bonds is 4. The SMILES string of the molecule is C=C(C)CCc1cc(OC)ccc1Br. The molecule has 0 aliphatic heterocycles. The van der Waals surface area contributed by atoms with E-state index in [-0.39, 0.29) is 0 Å². The van der Waals surface area contributed by atoms with E-state index in [2.05, 4.69) is 28.6 Å². The van der Waals surface area contributed by atoms with Gasteiger partial charge in [-0.3, -0.25) is 0 Å². The number of ether oxygens (including phenoxy) is 1. The Balaban J connectivity index is 2.78. The average Bonchev–Trinajstić information content (AvgIpc) is 2.16. The summed E-state index contributed by atoms with van der Waals surface area (Å²) in [6.07, 6.45) is 2.03. The quantitative estimate of drug-likeness (QED) is 0.740. The molecule has 0 amide bonds. The number of hydrogen-bond acceptors (Lipinski definition) is 1. The van der Waals surface area contributed by atoms with Crippen LogP contribution in [-0.4, -0.2) is 7.11 Å². The van der Waals surface area contributed by atoms with Gasteiger partial charge in [-0.2, -0.15) is 0 Å². The van der Waals surface area contributed by atoms with Crippen LogP contribution in [0, 0.1) is 0 Å². The van der Waals surface area contributed by atoms with Gasteiger partial charge in [-0.05, 0) is 43.5 Å². The first kappa shape index (κ1) is 11.3. The summed E-state index contributed by atoms with van der Waals surface area (Å²) in [6, 6.07) is 6.04. The van der Waals surface area contributed by atoms with Crippen molar-refractivity contribution in [3.63, 3.8) is 0 Å². The molecule has 0 aromatic heterocycles. The minimum Gasteiger partial charge on any atom is -0.497 e. The monoisotopic (exact) mass is 254 g/mol. The highest BCUT2D eigenvalue weighted by molar-refractivity contribution is 9.10. The third-order valence-electron chi connectivity index (χ3n) is 2.07. The summed E-state index contributed by atoms with van der Waals surface area (Å²) in [5.41, 5.74) is 2.48. The van der Waals surface area contributed by atoms with Gasteiger partial charge in [-0.25, -0.2) is 0 Å². The molecule has 0 spiro atoms. The van der Waals surface area contributed by atoms with E-state index in [0.717, 1.165) is 23.1 Å². The highest BCUT2D eigenvalue weighted by Gasteiger charge is 2.01. The standard InChI is InChI=1S/C12H15BrO/c1-9(2)4-5-10-8-11(14-3)6-7-12(10)13/h6-8H,1,4-5H2,2-3H3. The summed E-state index contributed by atoms with van der Waals surface area (Å²) in [5, 5.41) is 0. The van der Waals surface area contributed by atoms with Gasteiger partial charge in [0.2, 0.25) is 0 Å². The molecule has 0 unspecified atom stereocenters. The third kappa shape index (κ3) is 3.18. The normalized spacial score (nSPS) is 9.93. The molecule has 14 heavy (non-hydrogen) atoms. The van der Waals surface area contributed by atoms with Crippen molar-refractivity contribution in [3.8, 4) is 5.75 Å². The van der Waals surface area contributed by atoms with Crippen molar-refractivity contribution in [2.24, 2.45) is 0 Å². The molecule has 0 aliphatic rings. The Labute approximate surface area is 93.9 Å². The smallest absolute Gasteiger partial charge is 0.119 e. The van der Waals surface area contributed by atoms with Crippen LogP contribution in [0.5, 0.6) is 5.75 Å². The van der Waals surface area contributed by atoms with E-state index in [0.29, 0.717) is 0 Å². The molecule has 1 aromatic carbocycles. The number of halogens is 1. The number of benzene rings is 1. The molecule has 76 valence electrons. The second-order valence-corrected chi connectivity index (χ2v) is 4.27. The maximum absolute atomic E-state index is 5.17. The van der Waals surface area contributed by atoms with Gasteiger partial charge in [0.15, 0.2) is 0 Å². The molecule has 2 heteroatoms. The molecule has 0 aliphatic carbocycles. The Morgan fingerprint density at radius 2 is 2.21 bits per heavy atom. The van der Waals surface area contributed by atoms with Crippen molar-refractivity contribution in [2.75, 3.05) is 7.11 Å². The van der Waals surface area contributed by atoms with Crippen LogP contribution in [0.15, 0.2) is 34.8 Å². The van der Waals surface area contributed by atoms with E-state index in [1.165, 1.54) is 11.1 Å². The summed E-state index contributed by atoms with van der Waals surface area (Å²) in [5.74, 6) is 0.907. The minimum atomic E-state index is 0.907. The van der Waals surface area contributed by atoms with Gasteiger partial charge in [0, 0.05) is 4.47 Å². The summed E-state index contributed by atoms with van der Waals surface area (Å²) >= 11 is 3.52. The highest BCUT2D eigenvalue weighted by atomic mass is 79.9. The van der Waals surface area contributed by atoms with E-state index < -0.39 is 0 Å². The van der Waals surface area contributed by atoms with E-state index in [4.69, 9.17) is 4.74 Å². The van der Waals surface area contributed by atoms with Crippen LogP contribution in [0.4, 0.5) is 0 Å². The lowest BCUT2D eigenvalue weighted by atomic mass is 10.1. The Morgan fingerprint density at radius 3 is 2.79 bits per heavy atom. The average molecular weight is 255 g/mol. The van der Waals surface area contributed by atoms with Gasteiger partial charge in [0.25, 0.3) is 0 Å². The van der Waals surface area contributed by atoms with Gasteiger partial charge in [0.1, 0.15) is 5.75 Å². The molecule has 1 rings (SSSR count). The topological polar surface area (TPSA) is 9.23 Å². The third-order valence-corrected chi connectivity index (χ3v) is 2.85. The summed E-state index contributed by atoms with van der Waals surface area (Å²) in [7, 11) is 1.69. The minimum absolute atomic E-state index is 0.907. The van der Waals surface area contributed by atoms with Crippen LogP contribution in [0.1, 0.15) is 18.9 Å². The van der Waals surface area contributed by atoms with Crippen molar-refractivity contribution in [1.82, 2.24) is 0 Å². The lowest BCUT2D eigenvalue weighted by molar-refractivity contribution is 0.414. The summed E-state index contributed by atoms with van der Waals surface area (Å²) < 4.78 is 6.31. The van der Waals surface area contributed by atoms with E-state index in [1.807, 2.05) is 19.1 Å². The largest absolute Gasteiger partial charge is 0.497 e. The van der Waals surface area contributed by atoms with Crippen LogP contribution in [-0.2, 0) is 6.42 Å². The second kappa shape index (κ2) is 5.20. The zero-order chi connectivity index (χ0) is 10.6. The van der Waals surface area contributed by atoms with Gasteiger partial charge in [-0.15, -0.1) is 6.58 Å². The molecule has 0 saturated carbocycles.